The second kappa shape index (κ2) is 4.83. The van der Waals surface area contributed by atoms with Crippen LogP contribution in [0.5, 0.6) is 5.75 Å². The van der Waals surface area contributed by atoms with E-state index in [1.165, 1.54) is 5.56 Å². The minimum absolute atomic E-state index is 0.284. The number of phenols is 1. The van der Waals surface area contributed by atoms with Gasteiger partial charge in [-0.3, -0.25) is 0 Å². The average molecular weight is 241 g/mol. The van der Waals surface area contributed by atoms with Gasteiger partial charge in [0.15, 0.2) is 0 Å². The van der Waals surface area contributed by atoms with E-state index in [0.29, 0.717) is 0 Å². The van der Waals surface area contributed by atoms with Gasteiger partial charge < -0.3 is 10.8 Å². The lowest BCUT2D eigenvalue weighted by atomic mass is 9.84. The van der Waals surface area contributed by atoms with Crippen LogP contribution in [0.3, 0.4) is 0 Å². The minimum atomic E-state index is -0.431. The lowest BCUT2D eigenvalue weighted by Crippen LogP contribution is -2.36. The van der Waals surface area contributed by atoms with Crippen molar-refractivity contribution in [2.24, 2.45) is 5.73 Å². The standard InChI is InChI=1S/C16H19NO/c1-12-10-14(18)8-9-15(12)16(2,17)11-13-6-4-3-5-7-13/h3-10,18H,11,17H2,1-2H3. The zero-order chi connectivity index (χ0) is 13.2. The Balaban J connectivity index is 2.30. The molecule has 0 aliphatic carbocycles. The summed E-state index contributed by atoms with van der Waals surface area (Å²) >= 11 is 0. The number of nitrogens with two attached hydrogens (primary N) is 1. The fourth-order valence-electron chi connectivity index (χ4n) is 2.40. The fraction of sp³-hybridized carbons (Fsp3) is 0.250. The van der Waals surface area contributed by atoms with Crippen LogP contribution in [0.15, 0.2) is 48.5 Å². The van der Waals surface area contributed by atoms with Gasteiger partial charge in [0.25, 0.3) is 0 Å². The van der Waals surface area contributed by atoms with Gasteiger partial charge >= 0.3 is 0 Å². The van der Waals surface area contributed by atoms with E-state index in [-0.39, 0.29) is 5.75 Å². The number of aromatic hydroxyl groups is 1. The molecular weight excluding hydrogens is 222 g/mol. The molecule has 0 fully saturated rings. The molecule has 0 bridgehead atoms. The molecule has 2 rings (SSSR count). The zero-order valence-corrected chi connectivity index (χ0v) is 10.9. The van der Waals surface area contributed by atoms with Gasteiger partial charge in [-0.05, 0) is 49.1 Å². The van der Waals surface area contributed by atoms with Crippen molar-refractivity contribution in [1.82, 2.24) is 0 Å². The van der Waals surface area contributed by atoms with Gasteiger partial charge in [0.2, 0.25) is 0 Å². The van der Waals surface area contributed by atoms with Crippen LogP contribution in [0.2, 0.25) is 0 Å². The second-order valence-corrected chi connectivity index (χ2v) is 5.08. The van der Waals surface area contributed by atoms with Gasteiger partial charge in [0.05, 0.1) is 0 Å². The predicted octanol–water partition coefficient (Wildman–Crippen LogP) is 3.12. The van der Waals surface area contributed by atoms with Gasteiger partial charge in [-0.2, -0.15) is 0 Å². The summed E-state index contributed by atoms with van der Waals surface area (Å²) in [6, 6.07) is 15.6. The molecule has 0 aliphatic rings. The molecule has 2 nitrogen and oxygen atoms in total. The number of benzene rings is 2. The van der Waals surface area contributed by atoms with Gasteiger partial charge in [-0.15, -0.1) is 0 Å². The highest BCUT2D eigenvalue weighted by atomic mass is 16.3. The normalized spacial score (nSPS) is 14.2. The molecule has 0 aliphatic heterocycles. The van der Waals surface area contributed by atoms with Gasteiger partial charge in [-0.25, -0.2) is 0 Å². The summed E-state index contributed by atoms with van der Waals surface area (Å²) in [5.74, 6) is 0.284. The van der Waals surface area contributed by atoms with E-state index in [1.54, 1.807) is 12.1 Å². The van der Waals surface area contributed by atoms with E-state index in [4.69, 9.17) is 5.73 Å². The Hall–Kier alpha value is -1.80. The molecule has 1 unspecified atom stereocenters. The van der Waals surface area contributed by atoms with Crippen LogP contribution in [0.4, 0.5) is 0 Å². The van der Waals surface area contributed by atoms with Crippen LogP contribution in [-0.2, 0) is 12.0 Å². The fourth-order valence-corrected chi connectivity index (χ4v) is 2.40. The summed E-state index contributed by atoms with van der Waals surface area (Å²) in [6.45, 7) is 4.00. The molecule has 2 aromatic carbocycles. The molecule has 1 atom stereocenters. The average Bonchev–Trinajstić information content (AvgIpc) is 2.29. The number of phenolic OH excluding ortho intramolecular Hbond substituents is 1. The van der Waals surface area contributed by atoms with Crippen LogP contribution in [-0.4, -0.2) is 5.11 Å². The first-order valence-corrected chi connectivity index (χ1v) is 6.12. The Labute approximate surface area is 108 Å². The zero-order valence-electron chi connectivity index (χ0n) is 10.9. The second-order valence-electron chi connectivity index (χ2n) is 5.08. The molecule has 0 aromatic heterocycles. The van der Waals surface area contributed by atoms with Crippen molar-refractivity contribution < 1.29 is 5.11 Å². The largest absolute Gasteiger partial charge is 0.508 e. The van der Waals surface area contributed by atoms with E-state index in [9.17, 15) is 5.11 Å². The summed E-state index contributed by atoms with van der Waals surface area (Å²) in [5, 5.41) is 9.45. The Morgan fingerprint density at radius 1 is 1.11 bits per heavy atom. The molecular formula is C16H19NO. The molecule has 0 saturated heterocycles. The van der Waals surface area contributed by atoms with Crippen LogP contribution in [0.1, 0.15) is 23.6 Å². The van der Waals surface area contributed by atoms with Gasteiger partial charge in [0.1, 0.15) is 5.75 Å². The Morgan fingerprint density at radius 3 is 2.39 bits per heavy atom. The predicted molar refractivity (Wildman–Crippen MR) is 74.5 cm³/mol. The van der Waals surface area contributed by atoms with E-state index in [2.05, 4.69) is 12.1 Å². The van der Waals surface area contributed by atoms with Crippen molar-refractivity contribution in [3.63, 3.8) is 0 Å². The molecule has 18 heavy (non-hydrogen) atoms. The summed E-state index contributed by atoms with van der Waals surface area (Å²) in [5.41, 5.74) is 9.32. The van der Waals surface area contributed by atoms with Crippen molar-refractivity contribution >= 4 is 0 Å². The molecule has 0 saturated carbocycles. The smallest absolute Gasteiger partial charge is 0.115 e. The Kier molecular flexibility index (Phi) is 3.39. The molecule has 2 heteroatoms. The Bertz CT molecular complexity index is 532. The third kappa shape index (κ3) is 2.71. The van der Waals surface area contributed by atoms with Gasteiger partial charge in [0, 0.05) is 5.54 Å². The van der Waals surface area contributed by atoms with Gasteiger partial charge in [-0.1, -0.05) is 36.4 Å². The first-order valence-electron chi connectivity index (χ1n) is 6.12. The first kappa shape index (κ1) is 12.7. The number of hydrogen-bond donors (Lipinski definition) is 2. The minimum Gasteiger partial charge on any atom is -0.508 e. The summed E-state index contributed by atoms with van der Waals surface area (Å²) in [4.78, 5) is 0. The van der Waals surface area contributed by atoms with E-state index in [0.717, 1.165) is 17.5 Å². The number of rotatable bonds is 3. The summed E-state index contributed by atoms with van der Waals surface area (Å²) in [6.07, 6.45) is 0.777. The maximum absolute atomic E-state index is 9.45. The third-order valence-corrected chi connectivity index (χ3v) is 3.24. The molecule has 0 radical (unpaired) electrons. The highest BCUT2D eigenvalue weighted by molar-refractivity contribution is 5.39. The molecule has 0 amide bonds. The molecule has 2 aromatic rings. The summed E-state index contributed by atoms with van der Waals surface area (Å²) < 4.78 is 0. The van der Waals surface area contributed by atoms with Crippen molar-refractivity contribution in [3.05, 3.63) is 65.2 Å². The van der Waals surface area contributed by atoms with Crippen LogP contribution in [0, 0.1) is 6.92 Å². The lowest BCUT2D eigenvalue weighted by molar-refractivity contribution is 0.467. The van der Waals surface area contributed by atoms with Crippen molar-refractivity contribution in [1.29, 1.82) is 0 Å². The highest BCUT2D eigenvalue weighted by Crippen LogP contribution is 2.27. The number of hydrogen-bond acceptors (Lipinski definition) is 2. The molecule has 94 valence electrons. The van der Waals surface area contributed by atoms with E-state index < -0.39 is 5.54 Å². The van der Waals surface area contributed by atoms with Crippen LogP contribution >= 0.6 is 0 Å². The topological polar surface area (TPSA) is 46.2 Å². The molecule has 3 N–H and O–H groups in total. The first-order chi connectivity index (χ1) is 8.49. The quantitative estimate of drug-likeness (QED) is 0.867. The van der Waals surface area contributed by atoms with Crippen LogP contribution in [0.25, 0.3) is 0 Å². The van der Waals surface area contributed by atoms with E-state index in [1.807, 2.05) is 38.1 Å². The third-order valence-electron chi connectivity index (χ3n) is 3.24. The van der Waals surface area contributed by atoms with Crippen molar-refractivity contribution in [2.75, 3.05) is 0 Å². The van der Waals surface area contributed by atoms with Crippen molar-refractivity contribution in [3.8, 4) is 5.75 Å². The van der Waals surface area contributed by atoms with Crippen LogP contribution < -0.4 is 5.73 Å². The SMILES string of the molecule is Cc1cc(O)ccc1C(C)(N)Cc1ccccc1. The van der Waals surface area contributed by atoms with E-state index >= 15 is 0 Å². The maximum Gasteiger partial charge on any atom is 0.115 e. The summed E-state index contributed by atoms with van der Waals surface area (Å²) in [7, 11) is 0. The van der Waals surface area contributed by atoms with Crippen molar-refractivity contribution in [2.45, 2.75) is 25.8 Å². The molecule has 0 spiro atoms. The Morgan fingerprint density at radius 2 is 1.78 bits per heavy atom. The molecule has 0 heterocycles. The monoisotopic (exact) mass is 241 g/mol. The lowest BCUT2D eigenvalue weighted by Gasteiger charge is -2.27. The highest BCUT2D eigenvalue weighted by Gasteiger charge is 2.23. The maximum atomic E-state index is 9.45. The number of aryl methyl sites for hydroxylation is 1.